The normalized spacial score (nSPS) is 19.4. The highest BCUT2D eigenvalue weighted by Gasteiger charge is 2.35. The lowest BCUT2D eigenvalue weighted by Crippen LogP contribution is -2.31. The van der Waals surface area contributed by atoms with Crippen molar-refractivity contribution in [1.82, 2.24) is 9.13 Å². The summed E-state index contributed by atoms with van der Waals surface area (Å²) in [5.41, 5.74) is 4.35. The van der Waals surface area contributed by atoms with Crippen LogP contribution in [0.25, 0.3) is 11.0 Å². The van der Waals surface area contributed by atoms with E-state index in [0.717, 1.165) is 28.0 Å². The van der Waals surface area contributed by atoms with Gasteiger partial charge in [-0.15, -0.1) is 0 Å². The lowest BCUT2D eigenvalue weighted by Gasteiger charge is -2.39. The van der Waals surface area contributed by atoms with E-state index < -0.39 is 0 Å². The molecule has 1 aromatic heterocycles. The van der Waals surface area contributed by atoms with Crippen LogP contribution in [0.15, 0.2) is 71.5 Å². The van der Waals surface area contributed by atoms with Crippen molar-refractivity contribution in [1.29, 1.82) is 0 Å². The average molecular weight is 548 g/mol. The van der Waals surface area contributed by atoms with Crippen LogP contribution in [0.2, 0.25) is 5.02 Å². The largest absolute Gasteiger partial charge is 0.484 e. The Balaban J connectivity index is 1.23. The van der Waals surface area contributed by atoms with E-state index in [1.54, 1.807) is 35.4 Å². The number of anilines is 1. The molecule has 3 aromatic carbocycles. The molecule has 2 heterocycles. The molecule has 8 heteroatoms. The minimum Gasteiger partial charge on any atom is -0.484 e. The molecule has 5 rings (SSSR count). The van der Waals surface area contributed by atoms with Crippen molar-refractivity contribution in [3.8, 4) is 5.75 Å². The van der Waals surface area contributed by atoms with Crippen LogP contribution in [-0.2, 0) is 23.6 Å². The van der Waals surface area contributed by atoms with E-state index in [-0.39, 0.29) is 24.3 Å². The van der Waals surface area contributed by atoms with Gasteiger partial charge >= 0.3 is 5.69 Å². The van der Waals surface area contributed by atoms with Crippen molar-refractivity contribution in [2.24, 2.45) is 25.9 Å². The third-order valence-corrected chi connectivity index (χ3v) is 7.98. The highest BCUT2D eigenvalue weighted by atomic mass is 35.5. The number of hydrogen-bond donors (Lipinski definition) is 1. The molecule has 1 amide bonds. The lowest BCUT2D eigenvalue weighted by molar-refractivity contribution is -0.118. The number of hydrogen-bond acceptors (Lipinski definition) is 4. The van der Waals surface area contributed by atoms with Gasteiger partial charge in [0.2, 0.25) is 0 Å². The van der Waals surface area contributed by atoms with Crippen molar-refractivity contribution in [3.63, 3.8) is 0 Å². The molecule has 7 nitrogen and oxygen atoms in total. The Morgan fingerprint density at radius 3 is 2.51 bits per heavy atom. The molecule has 1 aliphatic rings. The molecule has 0 radical (unpaired) electrons. The summed E-state index contributed by atoms with van der Waals surface area (Å²) in [6.45, 7) is 4.98. The van der Waals surface area contributed by atoms with Gasteiger partial charge in [-0.1, -0.05) is 49.7 Å². The van der Waals surface area contributed by atoms with Crippen LogP contribution in [0.4, 0.5) is 5.69 Å². The van der Waals surface area contributed by atoms with Crippen LogP contribution in [0.1, 0.15) is 43.4 Å². The molecule has 0 bridgehead atoms. The molecule has 204 valence electrons. The number of benzene rings is 3. The van der Waals surface area contributed by atoms with E-state index >= 15 is 0 Å². The third kappa shape index (κ3) is 5.75. The average Bonchev–Trinajstić information content (AvgIpc) is 3.15. The molecular formula is C31H34ClN3O4. The second-order valence-electron chi connectivity index (χ2n) is 10.7. The van der Waals surface area contributed by atoms with Crippen LogP contribution in [0.5, 0.6) is 5.75 Å². The smallest absolute Gasteiger partial charge is 0.328 e. The molecule has 0 unspecified atom stereocenters. The molecule has 1 saturated heterocycles. The van der Waals surface area contributed by atoms with Crippen LogP contribution in [-0.4, -0.2) is 28.3 Å². The molecule has 3 atom stereocenters. The monoisotopic (exact) mass is 547 g/mol. The molecule has 4 aromatic rings. The van der Waals surface area contributed by atoms with Crippen molar-refractivity contribution in [3.05, 3.63) is 93.4 Å². The number of imidazole rings is 1. The summed E-state index contributed by atoms with van der Waals surface area (Å²) in [7, 11) is 3.44. The van der Waals surface area contributed by atoms with E-state index in [4.69, 9.17) is 21.1 Å². The Bertz CT molecular complexity index is 1540. The molecular weight excluding hydrogens is 514 g/mol. The first-order chi connectivity index (χ1) is 18.7. The van der Waals surface area contributed by atoms with Crippen LogP contribution < -0.4 is 15.7 Å². The number of aryl methyl sites for hydroxylation is 2. The van der Waals surface area contributed by atoms with E-state index in [1.807, 2.05) is 36.4 Å². The maximum Gasteiger partial charge on any atom is 0.328 e. The van der Waals surface area contributed by atoms with Gasteiger partial charge in [0.1, 0.15) is 5.75 Å². The standard InChI is InChI=1S/C31H34ClN3O4/c1-19(2)26-15-22(20-8-10-23(32)11-9-20)17-39-30(26)21-6-5-7-25(14-21)38-18-29(36)33-24-12-13-27-28(16-24)35(4)31(37)34(27)3/h5-14,16,19,22,26,30H,15,17-18H2,1-4H3,(H,33,36)/t22-,26-,30-/m0/s1. The van der Waals surface area contributed by atoms with Crippen LogP contribution in [0.3, 0.4) is 0 Å². The number of carbonyl (C=O) groups is 1. The van der Waals surface area contributed by atoms with Gasteiger partial charge in [-0.25, -0.2) is 4.79 Å². The topological polar surface area (TPSA) is 74.5 Å². The minimum atomic E-state index is -0.277. The number of rotatable bonds is 7. The number of aromatic nitrogens is 2. The number of fused-ring (bicyclic) bond motifs is 1. The maximum atomic E-state index is 12.7. The zero-order valence-electron chi connectivity index (χ0n) is 22.7. The summed E-state index contributed by atoms with van der Waals surface area (Å²) in [4.78, 5) is 24.8. The predicted molar refractivity (Wildman–Crippen MR) is 155 cm³/mol. The number of ether oxygens (including phenoxy) is 2. The SMILES string of the molecule is CC(C)[C@@H]1C[C@H](c2ccc(Cl)cc2)CO[C@H]1c1cccc(OCC(=O)Nc2ccc3c(c2)n(C)c(=O)n3C)c1. The zero-order chi connectivity index (χ0) is 27.7. The molecule has 39 heavy (non-hydrogen) atoms. The second-order valence-corrected chi connectivity index (χ2v) is 11.1. The van der Waals surface area contributed by atoms with Gasteiger partial charge in [-0.3, -0.25) is 13.9 Å². The first kappa shape index (κ1) is 27.0. The molecule has 0 aliphatic carbocycles. The first-order valence-electron chi connectivity index (χ1n) is 13.3. The highest BCUT2D eigenvalue weighted by molar-refractivity contribution is 6.30. The fourth-order valence-corrected chi connectivity index (χ4v) is 5.63. The van der Waals surface area contributed by atoms with Gasteiger partial charge in [-0.2, -0.15) is 0 Å². The second kappa shape index (κ2) is 11.3. The van der Waals surface area contributed by atoms with Gasteiger partial charge in [0.15, 0.2) is 6.61 Å². The summed E-state index contributed by atoms with van der Waals surface area (Å²) in [6, 6.07) is 21.3. The number of halogens is 1. The number of amides is 1. The molecule has 1 aliphatic heterocycles. The maximum absolute atomic E-state index is 12.7. The first-order valence-corrected chi connectivity index (χ1v) is 13.6. The number of carbonyl (C=O) groups excluding carboxylic acids is 1. The van der Waals surface area contributed by atoms with Crippen molar-refractivity contribution < 1.29 is 14.3 Å². The summed E-state index contributed by atoms with van der Waals surface area (Å²) in [6.07, 6.45) is 0.976. The molecule has 1 N–H and O–H groups in total. The quantitative estimate of drug-likeness (QED) is 0.305. The van der Waals surface area contributed by atoms with Gasteiger partial charge in [0, 0.05) is 30.7 Å². The van der Waals surface area contributed by atoms with Gasteiger partial charge < -0.3 is 14.8 Å². The fraction of sp³-hybridized carbons (Fsp3) is 0.355. The lowest BCUT2D eigenvalue weighted by atomic mass is 9.76. The Morgan fingerprint density at radius 2 is 1.77 bits per heavy atom. The Morgan fingerprint density at radius 1 is 1.03 bits per heavy atom. The zero-order valence-corrected chi connectivity index (χ0v) is 23.4. The van der Waals surface area contributed by atoms with Crippen molar-refractivity contribution in [2.75, 3.05) is 18.5 Å². The van der Waals surface area contributed by atoms with Crippen LogP contribution in [0, 0.1) is 11.8 Å². The summed E-state index contributed by atoms with van der Waals surface area (Å²) in [5, 5.41) is 3.60. The van der Waals surface area contributed by atoms with E-state index in [2.05, 4.69) is 37.4 Å². The Hall–Kier alpha value is -3.55. The minimum absolute atomic E-state index is 0.0461. The van der Waals surface area contributed by atoms with Crippen molar-refractivity contribution in [2.45, 2.75) is 32.3 Å². The van der Waals surface area contributed by atoms with Crippen molar-refractivity contribution >= 4 is 34.2 Å². The summed E-state index contributed by atoms with van der Waals surface area (Å²) in [5.74, 6) is 1.44. The predicted octanol–water partition coefficient (Wildman–Crippen LogP) is 6.07. The highest BCUT2D eigenvalue weighted by Crippen LogP contribution is 2.44. The Kier molecular flexibility index (Phi) is 7.82. The van der Waals surface area contributed by atoms with E-state index in [1.165, 1.54) is 5.56 Å². The molecule has 1 fully saturated rings. The fourth-order valence-electron chi connectivity index (χ4n) is 5.51. The summed E-state index contributed by atoms with van der Waals surface area (Å²) >= 11 is 6.09. The molecule has 0 spiro atoms. The van der Waals surface area contributed by atoms with Crippen LogP contribution >= 0.6 is 11.6 Å². The Labute approximate surface area is 233 Å². The van der Waals surface area contributed by atoms with Gasteiger partial charge in [-0.05, 0) is 71.8 Å². The number of nitrogens with zero attached hydrogens (tertiary/aromatic N) is 2. The van der Waals surface area contributed by atoms with E-state index in [9.17, 15) is 9.59 Å². The number of nitrogens with one attached hydrogen (secondary N) is 1. The summed E-state index contributed by atoms with van der Waals surface area (Å²) < 4.78 is 15.5. The van der Waals surface area contributed by atoms with E-state index in [0.29, 0.717) is 35.8 Å². The third-order valence-electron chi connectivity index (χ3n) is 7.73. The van der Waals surface area contributed by atoms with Gasteiger partial charge in [0.25, 0.3) is 5.91 Å². The molecule has 0 saturated carbocycles. The van der Waals surface area contributed by atoms with Gasteiger partial charge in [0.05, 0.1) is 23.7 Å².